The summed E-state index contributed by atoms with van der Waals surface area (Å²) in [5.74, 6) is 2.21. The van der Waals surface area contributed by atoms with Gasteiger partial charge in [-0.25, -0.2) is 4.98 Å². The highest BCUT2D eigenvalue weighted by Crippen LogP contribution is 2.23. The molecule has 5 rings (SSSR count). The number of pyridine rings is 1. The first-order valence-electron chi connectivity index (χ1n) is 9.78. The summed E-state index contributed by atoms with van der Waals surface area (Å²) in [5.41, 5.74) is 1.86. The third kappa shape index (κ3) is 3.39. The summed E-state index contributed by atoms with van der Waals surface area (Å²) in [6, 6.07) is 6.14. The molecule has 2 aliphatic heterocycles. The lowest BCUT2D eigenvalue weighted by Crippen LogP contribution is -2.26. The van der Waals surface area contributed by atoms with Crippen molar-refractivity contribution in [2.24, 2.45) is 0 Å². The monoisotopic (exact) mass is 364 g/mol. The van der Waals surface area contributed by atoms with Gasteiger partial charge in [-0.3, -0.25) is 0 Å². The Morgan fingerprint density at radius 1 is 0.815 bits per heavy atom. The summed E-state index contributed by atoms with van der Waals surface area (Å²) < 4.78 is 0. The number of H-pyrrole nitrogens is 1. The second-order valence-electron chi connectivity index (χ2n) is 7.22. The molecule has 3 aromatic rings. The number of rotatable bonds is 5. The summed E-state index contributed by atoms with van der Waals surface area (Å²) in [5, 5.41) is 4.47. The number of aromatic nitrogens is 5. The molecule has 0 spiro atoms. The molecule has 27 heavy (non-hydrogen) atoms. The van der Waals surface area contributed by atoms with Crippen molar-refractivity contribution in [3.8, 4) is 0 Å². The number of nitrogens with one attached hydrogen (secondary N) is 2. The first kappa shape index (κ1) is 16.3. The fourth-order valence-corrected chi connectivity index (χ4v) is 3.79. The van der Waals surface area contributed by atoms with Crippen LogP contribution in [0.4, 0.5) is 17.8 Å². The Hall–Kier alpha value is -2.90. The van der Waals surface area contributed by atoms with Gasteiger partial charge in [0.05, 0.1) is 12.2 Å². The van der Waals surface area contributed by atoms with Crippen LogP contribution in [0.2, 0.25) is 0 Å². The highest BCUT2D eigenvalue weighted by Gasteiger charge is 2.21. The summed E-state index contributed by atoms with van der Waals surface area (Å²) >= 11 is 0. The highest BCUT2D eigenvalue weighted by molar-refractivity contribution is 5.75. The quantitative estimate of drug-likeness (QED) is 0.719. The first-order valence-corrected chi connectivity index (χ1v) is 9.78. The van der Waals surface area contributed by atoms with E-state index in [0.717, 1.165) is 54.8 Å². The molecular weight excluding hydrogens is 340 g/mol. The van der Waals surface area contributed by atoms with Crippen LogP contribution in [0, 0.1) is 0 Å². The van der Waals surface area contributed by atoms with E-state index < -0.39 is 0 Å². The Balaban J connectivity index is 1.39. The summed E-state index contributed by atoms with van der Waals surface area (Å²) in [6.45, 7) is 4.67. The molecular formula is C19H24N8. The van der Waals surface area contributed by atoms with E-state index in [1.54, 1.807) is 0 Å². The lowest BCUT2D eigenvalue weighted by Gasteiger charge is -2.20. The van der Waals surface area contributed by atoms with Gasteiger partial charge in [-0.1, -0.05) is 0 Å². The van der Waals surface area contributed by atoms with Crippen LogP contribution in [-0.4, -0.2) is 51.1 Å². The van der Waals surface area contributed by atoms with Crippen LogP contribution in [0.5, 0.6) is 0 Å². The van der Waals surface area contributed by atoms with Crippen LogP contribution in [0.3, 0.4) is 0 Å². The number of hydrogen-bond donors (Lipinski definition) is 2. The number of fused-ring (bicyclic) bond motifs is 1. The molecule has 0 aromatic carbocycles. The first-order chi connectivity index (χ1) is 13.3. The Morgan fingerprint density at radius 3 is 2.15 bits per heavy atom. The Labute approximate surface area is 158 Å². The Bertz CT molecular complexity index is 890. The number of nitrogens with zero attached hydrogens (tertiary/aromatic N) is 6. The summed E-state index contributed by atoms with van der Waals surface area (Å²) in [7, 11) is 0. The molecule has 0 radical (unpaired) electrons. The van der Waals surface area contributed by atoms with Crippen molar-refractivity contribution in [1.82, 2.24) is 24.9 Å². The molecule has 8 heteroatoms. The average molecular weight is 364 g/mol. The standard InChI is InChI=1S/C19H24N8/c1-2-10-26(9-1)18-23-17(24-19(25-18)27-11-3-4-12-27)21-13-15-6-5-14-7-8-20-16(14)22-15/h5-8H,1-4,9-13H2,(H,20,22)(H,21,23,24,25). The maximum absolute atomic E-state index is 4.76. The normalized spacial score (nSPS) is 17.2. The topological polar surface area (TPSA) is 85.9 Å². The molecule has 3 aromatic heterocycles. The SMILES string of the molecule is c1cc2ccc(CNc3nc(N4CCCC4)nc(N4CCCC4)n3)nc2[nH]1. The highest BCUT2D eigenvalue weighted by atomic mass is 15.4. The second kappa shape index (κ2) is 7.02. The van der Waals surface area contributed by atoms with Crippen LogP contribution in [0.25, 0.3) is 11.0 Å². The van der Waals surface area contributed by atoms with Crippen LogP contribution in [0.15, 0.2) is 24.4 Å². The van der Waals surface area contributed by atoms with Gasteiger partial charge in [0.2, 0.25) is 17.8 Å². The number of hydrogen-bond acceptors (Lipinski definition) is 7. The van der Waals surface area contributed by atoms with E-state index in [2.05, 4.69) is 41.1 Å². The zero-order valence-electron chi connectivity index (χ0n) is 15.4. The van der Waals surface area contributed by atoms with Gasteiger partial charge in [-0.2, -0.15) is 15.0 Å². The molecule has 0 unspecified atom stereocenters. The lowest BCUT2D eigenvalue weighted by atomic mass is 10.3. The maximum atomic E-state index is 4.76. The maximum Gasteiger partial charge on any atom is 0.231 e. The van der Waals surface area contributed by atoms with Gasteiger partial charge in [0.25, 0.3) is 0 Å². The van der Waals surface area contributed by atoms with Crippen molar-refractivity contribution in [3.63, 3.8) is 0 Å². The van der Waals surface area contributed by atoms with Crippen molar-refractivity contribution in [2.75, 3.05) is 41.3 Å². The molecule has 0 amide bonds. The van der Waals surface area contributed by atoms with Crippen molar-refractivity contribution < 1.29 is 0 Å². The van der Waals surface area contributed by atoms with E-state index >= 15 is 0 Å². The van der Waals surface area contributed by atoms with Crippen molar-refractivity contribution >= 4 is 28.9 Å². The van der Waals surface area contributed by atoms with Crippen LogP contribution in [-0.2, 0) is 6.54 Å². The van der Waals surface area contributed by atoms with Crippen LogP contribution >= 0.6 is 0 Å². The summed E-state index contributed by atoms with van der Waals surface area (Å²) in [6.07, 6.45) is 6.72. The largest absolute Gasteiger partial charge is 0.348 e. The van der Waals surface area contributed by atoms with E-state index in [0.29, 0.717) is 12.5 Å². The molecule has 0 aliphatic carbocycles. The van der Waals surface area contributed by atoms with Crippen LogP contribution < -0.4 is 15.1 Å². The molecule has 2 aliphatic rings. The predicted molar refractivity (Wildman–Crippen MR) is 106 cm³/mol. The predicted octanol–water partition coefficient (Wildman–Crippen LogP) is 2.56. The third-order valence-corrected chi connectivity index (χ3v) is 5.28. The smallest absolute Gasteiger partial charge is 0.231 e. The van der Waals surface area contributed by atoms with Gasteiger partial charge in [-0.05, 0) is 43.9 Å². The second-order valence-corrected chi connectivity index (χ2v) is 7.22. The average Bonchev–Trinajstić information content (AvgIpc) is 3.48. The number of aromatic amines is 1. The molecule has 0 atom stereocenters. The lowest BCUT2D eigenvalue weighted by molar-refractivity contribution is 0.835. The van der Waals surface area contributed by atoms with Gasteiger partial charge in [-0.15, -0.1) is 0 Å². The van der Waals surface area contributed by atoms with E-state index in [9.17, 15) is 0 Å². The van der Waals surface area contributed by atoms with Crippen molar-refractivity contribution in [3.05, 3.63) is 30.1 Å². The molecule has 2 fully saturated rings. The molecule has 8 nitrogen and oxygen atoms in total. The van der Waals surface area contributed by atoms with Gasteiger partial charge < -0.3 is 20.1 Å². The molecule has 140 valence electrons. The van der Waals surface area contributed by atoms with Crippen LogP contribution in [0.1, 0.15) is 31.4 Å². The zero-order valence-corrected chi connectivity index (χ0v) is 15.4. The van der Waals surface area contributed by atoms with E-state index in [1.165, 1.54) is 25.7 Å². The van der Waals surface area contributed by atoms with E-state index in [4.69, 9.17) is 4.98 Å². The molecule has 5 heterocycles. The van der Waals surface area contributed by atoms with E-state index in [-0.39, 0.29) is 0 Å². The third-order valence-electron chi connectivity index (χ3n) is 5.28. The van der Waals surface area contributed by atoms with E-state index in [1.807, 2.05) is 18.3 Å². The summed E-state index contributed by atoms with van der Waals surface area (Å²) in [4.78, 5) is 26.4. The molecule has 0 bridgehead atoms. The minimum atomic E-state index is 0.581. The van der Waals surface area contributed by atoms with Crippen molar-refractivity contribution in [2.45, 2.75) is 32.2 Å². The van der Waals surface area contributed by atoms with Gasteiger partial charge in [0.15, 0.2) is 0 Å². The zero-order chi connectivity index (χ0) is 18.1. The van der Waals surface area contributed by atoms with Gasteiger partial charge in [0.1, 0.15) is 5.65 Å². The minimum Gasteiger partial charge on any atom is -0.348 e. The molecule has 2 N–H and O–H groups in total. The Kier molecular flexibility index (Phi) is 4.23. The van der Waals surface area contributed by atoms with Gasteiger partial charge >= 0.3 is 0 Å². The molecule has 0 saturated carbocycles. The minimum absolute atomic E-state index is 0.581. The Morgan fingerprint density at radius 2 is 1.48 bits per heavy atom. The molecule has 2 saturated heterocycles. The fraction of sp³-hybridized carbons (Fsp3) is 0.474. The fourth-order valence-electron chi connectivity index (χ4n) is 3.79. The van der Waals surface area contributed by atoms with Crippen molar-refractivity contribution in [1.29, 1.82) is 0 Å². The van der Waals surface area contributed by atoms with Gasteiger partial charge in [0, 0.05) is 37.8 Å². The number of anilines is 3.